The summed E-state index contributed by atoms with van der Waals surface area (Å²) in [5.74, 6) is 0.404. The van der Waals surface area contributed by atoms with Crippen LogP contribution >= 0.6 is 0 Å². The quantitative estimate of drug-likeness (QED) is 0.530. The molecule has 0 spiro atoms. The van der Waals surface area contributed by atoms with E-state index in [4.69, 9.17) is 9.47 Å². The van der Waals surface area contributed by atoms with Crippen LogP contribution in [0.25, 0.3) is 0 Å². The third-order valence-corrected chi connectivity index (χ3v) is 1.36. The molecule has 6 heteroatoms. The van der Waals surface area contributed by atoms with Crippen LogP contribution in [0, 0.1) is 6.07 Å². The maximum atomic E-state index is 5.57. The van der Waals surface area contributed by atoms with Crippen molar-refractivity contribution in [1.29, 1.82) is 0 Å². The molecule has 1 aromatic heterocycles. The second kappa shape index (κ2) is 7.50. The summed E-state index contributed by atoms with van der Waals surface area (Å²) < 4.78 is 11.1. The zero-order valence-corrected chi connectivity index (χ0v) is 14.9. The Morgan fingerprint density at radius 2 is 1.50 bits per heavy atom. The largest absolute Gasteiger partial charge is 2.00 e. The van der Waals surface area contributed by atoms with Crippen molar-refractivity contribution in [3.05, 3.63) is 12.3 Å². The molecule has 0 aromatic carbocycles. The SMILES string of the molecule is CC(C)(C)Oc1[c-]cnc(OC(C)(C)C)n1.[Br-].[Mg+2]. The maximum absolute atomic E-state index is 5.57. The van der Waals surface area contributed by atoms with Gasteiger partial charge in [0, 0.05) is 5.88 Å². The van der Waals surface area contributed by atoms with Gasteiger partial charge in [-0.15, -0.1) is 6.20 Å². The second-order valence-electron chi connectivity index (χ2n) is 5.53. The standard InChI is InChI=1S/C12H19N2O2.BrH.Mg/c1-11(2,3)15-9-7-8-13-10(14-9)16-12(4,5)6;;/h8H,1-6H3;1H;/q-1;;+2/p-1. The molecule has 0 unspecified atom stereocenters. The number of hydrogen-bond acceptors (Lipinski definition) is 4. The van der Waals surface area contributed by atoms with Gasteiger partial charge in [0.25, 0.3) is 0 Å². The van der Waals surface area contributed by atoms with Crippen LogP contribution in [0.2, 0.25) is 0 Å². The van der Waals surface area contributed by atoms with Gasteiger partial charge in [-0.1, -0.05) is 0 Å². The van der Waals surface area contributed by atoms with E-state index in [0.29, 0.717) is 11.9 Å². The summed E-state index contributed by atoms with van der Waals surface area (Å²) in [7, 11) is 0. The van der Waals surface area contributed by atoms with Gasteiger partial charge in [-0.2, -0.15) is 4.98 Å². The fourth-order valence-corrected chi connectivity index (χ4v) is 0.956. The van der Waals surface area contributed by atoms with E-state index in [2.05, 4.69) is 16.0 Å². The normalized spacial score (nSPS) is 11.0. The van der Waals surface area contributed by atoms with Crippen molar-refractivity contribution in [3.63, 3.8) is 0 Å². The number of nitrogens with zero attached hydrogens (tertiary/aromatic N) is 2. The van der Waals surface area contributed by atoms with E-state index >= 15 is 0 Å². The summed E-state index contributed by atoms with van der Waals surface area (Å²) in [5.41, 5.74) is -0.621. The first kappa shape index (κ1) is 20.2. The fraction of sp³-hybridized carbons (Fsp3) is 0.667. The van der Waals surface area contributed by atoms with Gasteiger partial charge in [-0.3, -0.25) is 0 Å². The smallest absolute Gasteiger partial charge is 1.00 e. The molecule has 0 saturated carbocycles. The Bertz CT molecular complexity index is 331. The summed E-state index contributed by atoms with van der Waals surface area (Å²) >= 11 is 0. The van der Waals surface area contributed by atoms with Gasteiger partial charge in [0.05, 0.1) is 5.60 Å². The van der Waals surface area contributed by atoms with Crippen molar-refractivity contribution < 1.29 is 26.5 Å². The van der Waals surface area contributed by atoms with Gasteiger partial charge >= 0.3 is 29.1 Å². The monoisotopic (exact) mass is 326 g/mol. The van der Waals surface area contributed by atoms with E-state index in [1.165, 1.54) is 6.20 Å². The first-order valence-electron chi connectivity index (χ1n) is 5.28. The minimum Gasteiger partial charge on any atom is -1.00 e. The minimum absolute atomic E-state index is 0. The molecule has 0 atom stereocenters. The van der Waals surface area contributed by atoms with Crippen LogP contribution in [0.5, 0.6) is 11.9 Å². The van der Waals surface area contributed by atoms with E-state index in [1.54, 1.807) is 0 Å². The van der Waals surface area contributed by atoms with Crippen molar-refractivity contribution in [1.82, 2.24) is 9.97 Å². The van der Waals surface area contributed by atoms with Crippen molar-refractivity contribution in [2.45, 2.75) is 52.7 Å². The molecule has 0 radical (unpaired) electrons. The molecule has 1 rings (SSSR count). The van der Waals surface area contributed by atoms with Crippen molar-refractivity contribution in [2.24, 2.45) is 0 Å². The summed E-state index contributed by atoms with van der Waals surface area (Å²) in [6, 6.07) is 3.14. The first-order chi connectivity index (χ1) is 7.16. The molecule has 0 aliphatic heterocycles. The molecule has 0 saturated heterocycles. The number of ether oxygens (including phenoxy) is 2. The predicted molar refractivity (Wildman–Crippen MR) is 67.4 cm³/mol. The second-order valence-corrected chi connectivity index (χ2v) is 5.53. The molecule has 0 fully saturated rings. The fourth-order valence-electron chi connectivity index (χ4n) is 0.956. The Balaban J connectivity index is 0. The van der Waals surface area contributed by atoms with E-state index in [0.717, 1.165) is 0 Å². The molecule has 98 valence electrons. The van der Waals surface area contributed by atoms with Crippen molar-refractivity contribution in [2.75, 3.05) is 0 Å². The Hall–Kier alpha value is -0.0738. The number of hydrogen-bond donors (Lipinski definition) is 0. The Morgan fingerprint density at radius 3 is 1.94 bits per heavy atom. The van der Waals surface area contributed by atoms with Crippen LogP contribution < -0.4 is 26.5 Å². The van der Waals surface area contributed by atoms with Gasteiger partial charge in [-0.05, 0) is 41.5 Å². The molecule has 0 aliphatic rings. The van der Waals surface area contributed by atoms with Crippen LogP contribution in [0.1, 0.15) is 41.5 Å². The zero-order valence-electron chi connectivity index (χ0n) is 11.9. The van der Waals surface area contributed by atoms with Crippen molar-refractivity contribution in [3.8, 4) is 11.9 Å². The molecule has 0 amide bonds. The number of aromatic nitrogens is 2. The van der Waals surface area contributed by atoms with E-state index in [-0.39, 0.29) is 51.2 Å². The molecule has 0 bridgehead atoms. The van der Waals surface area contributed by atoms with Crippen LogP contribution in [0.3, 0.4) is 0 Å². The molecule has 18 heavy (non-hydrogen) atoms. The van der Waals surface area contributed by atoms with Crippen LogP contribution in [-0.4, -0.2) is 44.2 Å². The Morgan fingerprint density at radius 1 is 1.00 bits per heavy atom. The average molecular weight is 328 g/mol. The average Bonchev–Trinajstić information content (AvgIpc) is 1.96. The van der Waals surface area contributed by atoms with E-state index in [9.17, 15) is 0 Å². The maximum Gasteiger partial charge on any atom is 2.00 e. The van der Waals surface area contributed by atoms with Crippen LogP contribution in [0.15, 0.2) is 6.20 Å². The summed E-state index contributed by atoms with van der Waals surface area (Å²) in [6.45, 7) is 11.7. The molecule has 0 N–H and O–H groups in total. The minimum atomic E-state index is -0.319. The summed E-state index contributed by atoms with van der Waals surface area (Å²) in [6.07, 6.45) is 1.51. The van der Waals surface area contributed by atoms with Gasteiger partial charge in [-0.25, -0.2) is 4.98 Å². The van der Waals surface area contributed by atoms with Crippen molar-refractivity contribution >= 4 is 23.1 Å². The van der Waals surface area contributed by atoms with Gasteiger partial charge < -0.3 is 32.5 Å². The Kier molecular flexibility index (Phi) is 8.44. The van der Waals surface area contributed by atoms with E-state index < -0.39 is 0 Å². The van der Waals surface area contributed by atoms with Gasteiger partial charge in [0.2, 0.25) is 0 Å². The van der Waals surface area contributed by atoms with Gasteiger partial charge in [0.1, 0.15) is 5.60 Å². The van der Waals surface area contributed by atoms with Gasteiger partial charge in [0.15, 0.2) is 0 Å². The third kappa shape index (κ3) is 8.94. The molecular weight excluding hydrogens is 308 g/mol. The first-order valence-corrected chi connectivity index (χ1v) is 5.28. The molecule has 1 heterocycles. The summed E-state index contributed by atoms with van der Waals surface area (Å²) in [5, 5.41) is 0. The molecule has 1 aromatic rings. The van der Waals surface area contributed by atoms with E-state index in [1.807, 2.05) is 41.5 Å². The number of rotatable bonds is 2. The van der Waals surface area contributed by atoms with Crippen LogP contribution in [0.4, 0.5) is 0 Å². The van der Waals surface area contributed by atoms with Crippen LogP contribution in [-0.2, 0) is 0 Å². The molecule has 0 aliphatic carbocycles. The summed E-state index contributed by atoms with van der Waals surface area (Å²) in [4.78, 5) is 8.12. The molecular formula is C12H19BrMgN2O2. The third-order valence-electron chi connectivity index (χ3n) is 1.36. The predicted octanol–water partition coefficient (Wildman–Crippen LogP) is -0.745. The number of halogens is 1. The molecule has 4 nitrogen and oxygen atoms in total. The topological polar surface area (TPSA) is 44.2 Å². The zero-order chi connectivity index (χ0) is 12.4. The Labute approximate surface area is 136 Å².